The number of hydrogen-bond acceptors (Lipinski definition) is 3. The molecule has 2 aromatic rings. The second-order valence-electron chi connectivity index (χ2n) is 5.61. The Morgan fingerprint density at radius 3 is 2.64 bits per heavy atom. The number of aromatic nitrogens is 4. The van der Waals surface area contributed by atoms with Gasteiger partial charge in [-0.2, -0.15) is 10.2 Å². The van der Waals surface area contributed by atoms with Crippen LogP contribution in [0.25, 0.3) is 0 Å². The zero-order valence-electron chi connectivity index (χ0n) is 13.8. The predicted molar refractivity (Wildman–Crippen MR) is 85.7 cm³/mol. The van der Waals surface area contributed by atoms with E-state index < -0.39 is 0 Å². The minimum atomic E-state index is -0.247. The van der Waals surface area contributed by atoms with Crippen LogP contribution in [0.5, 0.6) is 0 Å². The number of rotatable bonds is 5. The van der Waals surface area contributed by atoms with E-state index in [-0.39, 0.29) is 12.1 Å². The summed E-state index contributed by atoms with van der Waals surface area (Å²) in [5.74, 6) is 0. The van der Waals surface area contributed by atoms with Crippen molar-refractivity contribution in [2.24, 2.45) is 7.05 Å². The number of hydrogen-bond donors (Lipinski definition) is 2. The van der Waals surface area contributed by atoms with Crippen molar-refractivity contribution >= 4 is 11.7 Å². The lowest BCUT2D eigenvalue weighted by Gasteiger charge is -2.14. The Labute approximate surface area is 130 Å². The summed E-state index contributed by atoms with van der Waals surface area (Å²) in [5.41, 5.74) is 2.65. The van der Waals surface area contributed by atoms with Crippen molar-refractivity contribution < 1.29 is 4.79 Å². The maximum Gasteiger partial charge on any atom is 0.319 e. The SMILES string of the molecule is CC[C@@H](C)n1ncc(NC(=O)N[C@@H](C)c2cnn(C)c2)c1C. The highest BCUT2D eigenvalue weighted by molar-refractivity contribution is 5.89. The van der Waals surface area contributed by atoms with Gasteiger partial charge in [-0.05, 0) is 27.2 Å². The summed E-state index contributed by atoms with van der Waals surface area (Å²) in [6.45, 7) is 8.10. The van der Waals surface area contributed by atoms with Gasteiger partial charge in [0, 0.05) is 24.8 Å². The summed E-state index contributed by atoms with van der Waals surface area (Å²) in [6.07, 6.45) is 6.32. The van der Waals surface area contributed by atoms with Crippen LogP contribution in [-0.4, -0.2) is 25.6 Å². The highest BCUT2D eigenvalue weighted by Crippen LogP contribution is 2.19. The van der Waals surface area contributed by atoms with Gasteiger partial charge in [0.1, 0.15) is 0 Å². The molecule has 0 radical (unpaired) electrons. The molecule has 22 heavy (non-hydrogen) atoms. The number of urea groups is 1. The summed E-state index contributed by atoms with van der Waals surface area (Å²) in [7, 11) is 1.85. The van der Waals surface area contributed by atoms with Crippen molar-refractivity contribution in [1.29, 1.82) is 0 Å². The van der Waals surface area contributed by atoms with Gasteiger partial charge < -0.3 is 10.6 Å². The van der Waals surface area contributed by atoms with Crippen LogP contribution in [0.2, 0.25) is 0 Å². The van der Waals surface area contributed by atoms with E-state index in [2.05, 4.69) is 34.7 Å². The van der Waals surface area contributed by atoms with Gasteiger partial charge in [-0.15, -0.1) is 0 Å². The number of carbonyl (C=O) groups is 1. The Balaban J connectivity index is 1.99. The van der Waals surface area contributed by atoms with Gasteiger partial charge in [0.25, 0.3) is 0 Å². The molecule has 2 heterocycles. The molecule has 0 saturated heterocycles. The standard InChI is InChI=1S/C15H24N6O/c1-6-10(2)21-12(4)14(8-17-21)19-15(22)18-11(3)13-7-16-20(5)9-13/h7-11H,6H2,1-5H3,(H2,18,19,22)/t10-,11+/m1/s1. The second-order valence-corrected chi connectivity index (χ2v) is 5.61. The average Bonchev–Trinajstić information content (AvgIpc) is 3.05. The van der Waals surface area contributed by atoms with Crippen LogP contribution in [0.3, 0.4) is 0 Å². The predicted octanol–water partition coefficient (Wildman–Crippen LogP) is 2.78. The first-order valence-corrected chi connectivity index (χ1v) is 7.52. The molecule has 2 aromatic heterocycles. The smallest absolute Gasteiger partial charge is 0.319 e. The Bertz CT molecular complexity index is 644. The first-order valence-electron chi connectivity index (χ1n) is 7.52. The Hall–Kier alpha value is -2.31. The largest absolute Gasteiger partial charge is 0.331 e. The molecule has 0 aliphatic carbocycles. The van der Waals surface area contributed by atoms with Crippen LogP contribution in [0.4, 0.5) is 10.5 Å². The van der Waals surface area contributed by atoms with Crippen molar-refractivity contribution in [3.05, 3.63) is 29.8 Å². The fourth-order valence-corrected chi connectivity index (χ4v) is 2.27. The van der Waals surface area contributed by atoms with Gasteiger partial charge in [-0.3, -0.25) is 9.36 Å². The van der Waals surface area contributed by atoms with Gasteiger partial charge in [0.05, 0.1) is 29.8 Å². The zero-order chi connectivity index (χ0) is 16.3. The molecule has 0 spiro atoms. The lowest BCUT2D eigenvalue weighted by molar-refractivity contribution is 0.249. The molecular weight excluding hydrogens is 280 g/mol. The molecule has 0 saturated carbocycles. The first-order chi connectivity index (χ1) is 10.4. The number of carbonyl (C=O) groups excluding carboxylic acids is 1. The molecule has 0 fully saturated rings. The molecule has 2 atom stereocenters. The zero-order valence-corrected chi connectivity index (χ0v) is 13.8. The van der Waals surface area contributed by atoms with Crippen molar-refractivity contribution in [2.45, 2.75) is 46.2 Å². The summed E-state index contributed by atoms with van der Waals surface area (Å²) >= 11 is 0. The summed E-state index contributed by atoms with van der Waals surface area (Å²) in [6, 6.07) is -0.0466. The van der Waals surface area contributed by atoms with Gasteiger partial charge in [-0.25, -0.2) is 4.79 Å². The maximum atomic E-state index is 12.1. The van der Waals surface area contributed by atoms with Gasteiger partial charge in [0.15, 0.2) is 0 Å². The van der Waals surface area contributed by atoms with Crippen LogP contribution >= 0.6 is 0 Å². The fraction of sp³-hybridized carbons (Fsp3) is 0.533. The van der Waals surface area contributed by atoms with Crippen LogP contribution < -0.4 is 10.6 Å². The second kappa shape index (κ2) is 6.64. The molecule has 2 N–H and O–H groups in total. The average molecular weight is 304 g/mol. The number of nitrogens with one attached hydrogen (secondary N) is 2. The topological polar surface area (TPSA) is 76.8 Å². The van der Waals surface area contributed by atoms with Crippen LogP contribution in [0.15, 0.2) is 18.6 Å². The molecular formula is C15H24N6O. The van der Waals surface area contributed by atoms with E-state index in [1.807, 2.05) is 31.8 Å². The van der Waals surface area contributed by atoms with Crippen LogP contribution in [0, 0.1) is 6.92 Å². The van der Waals surface area contributed by atoms with Crippen LogP contribution in [0.1, 0.15) is 50.5 Å². The molecule has 0 bridgehead atoms. The van der Waals surface area contributed by atoms with Crippen molar-refractivity contribution in [1.82, 2.24) is 24.9 Å². The van der Waals surface area contributed by atoms with E-state index in [9.17, 15) is 4.79 Å². The van der Waals surface area contributed by atoms with Gasteiger partial charge >= 0.3 is 6.03 Å². The summed E-state index contributed by atoms with van der Waals surface area (Å²) in [4.78, 5) is 12.1. The van der Waals surface area contributed by atoms with E-state index in [1.54, 1.807) is 17.1 Å². The highest BCUT2D eigenvalue weighted by Gasteiger charge is 2.15. The number of anilines is 1. The maximum absolute atomic E-state index is 12.1. The Kier molecular flexibility index (Phi) is 4.85. The quantitative estimate of drug-likeness (QED) is 0.891. The Morgan fingerprint density at radius 2 is 2.05 bits per heavy atom. The van der Waals surface area contributed by atoms with Crippen molar-refractivity contribution in [2.75, 3.05) is 5.32 Å². The first kappa shape index (κ1) is 16.1. The van der Waals surface area contributed by atoms with Gasteiger partial charge in [-0.1, -0.05) is 6.92 Å². The lowest BCUT2D eigenvalue weighted by Crippen LogP contribution is -2.31. The minimum Gasteiger partial charge on any atom is -0.331 e. The molecule has 2 amide bonds. The molecule has 2 rings (SSSR count). The van der Waals surface area contributed by atoms with Crippen molar-refractivity contribution in [3.8, 4) is 0 Å². The number of nitrogens with zero attached hydrogens (tertiary/aromatic N) is 4. The van der Waals surface area contributed by atoms with Crippen molar-refractivity contribution in [3.63, 3.8) is 0 Å². The van der Waals surface area contributed by atoms with E-state index in [1.165, 1.54) is 0 Å². The molecule has 120 valence electrons. The lowest BCUT2D eigenvalue weighted by atomic mass is 10.2. The normalized spacial score (nSPS) is 13.7. The van der Waals surface area contributed by atoms with E-state index in [0.717, 1.165) is 23.4 Å². The van der Waals surface area contributed by atoms with Gasteiger partial charge in [0.2, 0.25) is 0 Å². The van der Waals surface area contributed by atoms with E-state index >= 15 is 0 Å². The number of aryl methyl sites for hydroxylation is 1. The highest BCUT2D eigenvalue weighted by atomic mass is 16.2. The summed E-state index contributed by atoms with van der Waals surface area (Å²) in [5, 5.41) is 14.2. The monoisotopic (exact) mass is 304 g/mol. The van der Waals surface area contributed by atoms with E-state index in [4.69, 9.17) is 0 Å². The molecule has 7 heteroatoms. The van der Waals surface area contributed by atoms with Crippen LogP contribution in [-0.2, 0) is 7.05 Å². The minimum absolute atomic E-state index is 0.112. The fourth-order valence-electron chi connectivity index (χ4n) is 2.27. The molecule has 7 nitrogen and oxygen atoms in total. The molecule has 0 aliphatic heterocycles. The molecule has 0 aliphatic rings. The van der Waals surface area contributed by atoms with E-state index in [0.29, 0.717) is 6.04 Å². The number of amides is 2. The summed E-state index contributed by atoms with van der Waals surface area (Å²) < 4.78 is 3.64. The third-order valence-electron chi connectivity index (χ3n) is 3.87. The Morgan fingerprint density at radius 1 is 1.32 bits per heavy atom. The third kappa shape index (κ3) is 3.47. The third-order valence-corrected chi connectivity index (χ3v) is 3.87. The molecule has 0 unspecified atom stereocenters. The molecule has 0 aromatic carbocycles.